The highest BCUT2D eigenvalue weighted by molar-refractivity contribution is 5.89. The topological polar surface area (TPSA) is 98.5 Å². The summed E-state index contributed by atoms with van der Waals surface area (Å²) in [6.45, 7) is 4.00. The monoisotopic (exact) mass is 360 g/mol. The Morgan fingerprint density at radius 2 is 1.96 bits per heavy atom. The molecule has 0 heterocycles. The highest BCUT2D eigenvalue weighted by Crippen LogP contribution is 2.29. The summed E-state index contributed by atoms with van der Waals surface area (Å²) in [6.07, 6.45) is 5.89. The Hall–Kier alpha value is -2.70. The van der Waals surface area contributed by atoms with Gasteiger partial charge in [-0.05, 0) is 42.0 Å². The summed E-state index contributed by atoms with van der Waals surface area (Å²) in [5, 5.41) is 13.5. The summed E-state index contributed by atoms with van der Waals surface area (Å²) >= 11 is 0. The van der Waals surface area contributed by atoms with E-state index in [1.54, 1.807) is 0 Å². The molecular weight excluding hydrogens is 336 g/mol. The lowest BCUT2D eigenvalue weighted by atomic mass is 9.78. The van der Waals surface area contributed by atoms with Gasteiger partial charge in [0.25, 0.3) is 11.6 Å². The first-order valence-electron chi connectivity index (χ1n) is 8.75. The number of nitro groups is 1. The molecule has 0 bridgehead atoms. The fraction of sp³-hybridized carbons (Fsp3) is 0.474. The SMILES string of the molecule is C[C@@H]1[C@H](C)CCC[C@H]1NC(=O)COC(=O)/C=C/c1ccc([N+](=O)[O-])cc1. The molecule has 1 aliphatic carbocycles. The minimum Gasteiger partial charge on any atom is -0.452 e. The van der Waals surface area contributed by atoms with Crippen molar-refractivity contribution in [1.82, 2.24) is 5.32 Å². The van der Waals surface area contributed by atoms with Crippen LogP contribution in [0.15, 0.2) is 30.3 Å². The molecule has 1 fully saturated rings. The van der Waals surface area contributed by atoms with Gasteiger partial charge < -0.3 is 10.1 Å². The number of nitrogens with zero attached hydrogens (tertiary/aromatic N) is 1. The zero-order valence-electron chi connectivity index (χ0n) is 15.0. The van der Waals surface area contributed by atoms with E-state index in [2.05, 4.69) is 19.2 Å². The number of nitro benzene ring substituents is 1. The third kappa shape index (κ3) is 5.68. The van der Waals surface area contributed by atoms with Gasteiger partial charge in [-0.15, -0.1) is 0 Å². The van der Waals surface area contributed by atoms with E-state index in [1.807, 2.05) is 0 Å². The average molecular weight is 360 g/mol. The lowest BCUT2D eigenvalue weighted by Gasteiger charge is -2.34. The van der Waals surface area contributed by atoms with E-state index in [0.29, 0.717) is 17.4 Å². The molecule has 7 heteroatoms. The summed E-state index contributed by atoms with van der Waals surface area (Å²) in [4.78, 5) is 33.8. The average Bonchev–Trinajstić information content (AvgIpc) is 2.62. The van der Waals surface area contributed by atoms with E-state index in [0.717, 1.165) is 12.8 Å². The van der Waals surface area contributed by atoms with E-state index < -0.39 is 10.9 Å². The molecule has 1 N–H and O–H groups in total. The maximum Gasteiger partial charge on any atom is 0.331 e. The van der Waals surface area contributed by atoms with E-state index in [4.69, 9.17) is 4.74 Å². The van der Waals surface area contributed by atoms with E-state index >= 15 is 0 Å². The summed E-state index contributed by atoms with van der Waals surface area (Å²) in [7, 11) is 0. The summed E-state index contributed by atoms with van der Waals surface area (Å²) in [5.41, 5.74) is 0.606. The van der Waals surface area contributed by atoms with Gasteiger partial charge in [0, 0.05) is 24.3 Å². The predicted octanol–water partition coefficient (Wildman–Crippen LogP) is 3.09. The third-order valence-corrected chi connectivity index (χ3v) is 4.91. The molecule has 0 unspecified atom stereocenters. The number of benzene rings is 1. The summed E-state index contributed by atoms with van der Waals surface area (Å²) in [5.74, 6) is 0.0447. The van der Waals surface area contributed by atoms with Gasteiger partial charge in [-0.1, -0.05) is 26.7 Å². The van der Waals surface area contributed by atoms with Crippen LogP contribution in [-0.2, 0) is 14.3 Å². The molecule has 1 saturated carbocycles. The maximum absolute atomic E-state index is 12.0. The lowest BCUT2D eigenvalue weighted by Crippen LogP contribution is -2.45. The Kier molecular flexibility index (Phi) is 6.89. The third-order valence-electron chi connectivity index (χ3n) is 4.91. The molecular formula is C19H24N2O5. The normalized spacial score (nSPS) is 22.8. The van der Waals surface area contributed by atoms with Crippen LogP contribution < -0.4 is 5.32 Å². The van der Waals surface area contributed by atoms with Crippen LogP contribution in [0.2, 0.25) is 0 Å². The number of rotatable bonds is 6. The lowest BCUT2D eigenvalue weighted by molar-refractivity contribution is -0.384. The highest BCUT2D eigenvalue weighted by Gasteiger charge is 2.28. The van der Waals surface area contributed by atoms with Crippen molar-refractivity contribution in [2.45, 2.75) is 39.2 Å². The molecule has 1 aliphatic rings. The van der Waals surface area contributed by atoms with Crippen molar-refractivity contribution in [3.63, 3.8) is 0 Å². The Bertz CT molecular complexity index is 684. The molecule has 0 spiro atoms. The molecule has 0 radical (unpaired) electrons. The van der Waals surface area contributed by atoms with Crippen LogP contribution in [0.1, 0.15) is 38.7 Å². The van der Waals surface area contributed by atoms with Gasteiger partial charge in [0.15, 0.2) is 6.61 Å². The molecule has 140 valence electrons. The van der Waals surface area contributed by atoms with E-state index in [1.165, 1.54) is 42.8 Å². The van der Waals surface area contributed by atoms with Gasteiger partial charge in [0.1, 0.15) is 0 Å². The number of hydrogen-bond donors (Lipinski definition) is 1. The minimum atomic E-state index is -0.636. The van der Waals surface area contributed by atoms with E-state index in [9.17, 15) is 19.7 Å². The van der Waals surface area contributed by atoms with Crippen molar-refractivity contribution in [1.29, 1.82) is 0 Å². The first-order valence-corrected chi connectivity index (χ1v) is 8.75. The second kappa shape index (κ2) is 9.12. The van der Waals surface area contributed by atoms with Crippen LogP contribution in [0.25, 0.3) is 6.08 Å². The Morgan fingerprint density at radius 1 is 1.27 bits per heavy atom. The zero-order valence-corrected chi connectivity index (χ0v) is 15.0. The van der Waals surface area contributed by atoms with Gasteiger partial charge in [-0.3, -0.25) is 14.9 Å². The standard InChI is InChI=1S/C19H24N2O5/c1-13-4-3-5-17(14(13)2)20-18(22)12-26-19(23)11-8-15-6-9-16(10-7-15)21(24)25/h6-11,13-14,17H,3-5,12H2,1-2H3,(H,20,22)/b11-8+/t13-,14-,17-/m1/s1. The van der Waals surface area contributed by atoms with Crippen LogP contribution >= 0.6 is 0 Å². The largest absolute Gasteiger partial charge is 0.452 e. The fourth-order valence-corrected chi connectivity index (χ4v) is 3.09. The molecule has 1 aromatic carbocycles. The molecule has 1 amide bonds. The molecule has 26 heavy (non-hydrogen) atoms. The van der Waals surface area contributed by atoms with Crippen LogP contribution in [-0.4, -0.2) is 29.4 Å². The number of esters is 1. The number of ether oxygens (including phenoxy) is 1. The molecule has 1 aromatic rings. The second-order valence-corrected chi connectivity index (χ2v) is 6.73. The van der Waals surface area contributed by atoms with Gasteiger partial charge in [-0.2, -0.15) is 0 Å². The second-order valence-electron chi connectivity index (χ2n) is 6.73. The first kappa shape index (κ1) is 19.6. The molecule has 0 aliphatic heterocycles. The molecule has 7 nitrogen and oxygen atoms in total. The number of nitrogens with one attached hydrogen (secondary N) is 1. The van der Waals surface area contributed by atoms with Crippen molar-refractivity contribution in [2.75, 3.05) is 6.61 Å². The van der Waals surface area contributed by atoms with Crippen molar-refractivity contribution < 1.29 is 19.2 Å². The smallest absolute Gasteiger partial charge is 0.331 e. The number of amides is 1. The number of non-ortho nitro benzene ring substituents is 1. The van der Waals surface area contributed by atoms with Crippen molar-refractivity contribution in [3.8, 4) is 0 Å². The van der Waals surface area contributed by atoms with Gasteiger partial charge in [0.2, 0.25) is 0 Å². The Labute approximate surface area is 152 Å². The van der Waals surface area contributed by atoms with Crippen molar-refractivity contribution >= 4 is 23.6 Å². The van der Waals surface area contributed by atoms with Gasteiger partial charge >= 0.3 is 5.97 Å². The van der Waals surface area contributed by atoms with Crippen molar-refractivity contribution in [3.05, 3.63) is 46.0 Å². The quantitative estimate of drug-likeness (QED) is 0.364. The highest BCUT2D eigenvalue weighted by atomic mass is 16.6. The van der Waals surface area contributed by atoms with Crippen molar-refractivity contribution in [2.24, 2.45) is 11.8 Å². The Morgan fingerprint density at radius 3 is 2.62 bits per heavy atom. The Balaban J connectivity index is 1.77. The first-order chi connectivity index (χ1) is 12.4. The minimum absolute atomic E-state index is 0.0207. The molecule has 2 rings (SSSR count). The zero-order chi connectivity index (χ0) is 19.1. The predicted molar refractivity (Wildman–Crippen MR) is 97.2 cm³/mol. The molecule has 0 saturated heterocycles. The molecule has 0 aromatic heterocycles. The fourth-order valence-electron chi connectivity index (χ4n) is 3.09. The number of hydrogen-bond acceptors (Lipinski definition) is 5. The van der Waals surface area contributed by atoms with Gasteiger partial charge in [-0.25, -0.2) is 4.79 Å². The van der Waals surface area contributed by atoms with Gasteiger partial charge in [0.05, 0.1) is 4.92 Å². The summed E-state index contributed by atoms with van der Waals surface area (Å²) in [6, 6.07) is 5.89. The maximum atomic E-state index is 12.0. The molecule has 3 atom stereocenters. The van der Waals surface area contributed by atoms with Crippen LogP contribution in [0.3, 0.4) is 0 Å². The van der Waals surface area contributed by atoms with Crippen LogP contribution in [0.5, 0.6) is 0 Å². The summed E-state index contributed by atoms with van der Waals surface area (Å²) < 4.78 is 4.95. The van der Waals surface area contributed by atoms with Crippen LogP contribution in [0, 0.1) is 22.0 Å². The van der Waals surface area contributed by atoms with E-state index in [-0.39, 0.29) is 24.2 Å². The van der Waals surface area contributed by atoms with Crippen LogP contribution in [0.4, 0.5) is 5.69 Å². The number of carbonyl (C=O) groups excluding carboxylic acids is 2. The number of carbonyl (C=O) groups is 2.